The van der Waals surface area contributed by atoms with Gasteiger partial charge in [0, 0.05) is 49.4 Å². The first kappa shape index (κ1) is 25.0. The summed E-state index contributed by atoms with van der Waals surface area (Å²) in [5, 5.41) is 7.79. The van der Waals surface area contributed by atoms with Crippen molar-refractivity contribution in [2.75, 3.05) is 36.0 Å². The van der Waals surface area contributed by atoms with Gasteiger partial charge in [-0.05, 0) is 38.3 Å². The van der Waals surface area contributed by atoms with E-state index < -0.39 is 0 Å². The van der Waals surface area contributed by atoms with E-state index in [1.54, 1.807) is 6.20 Å². The Morgan fingerprint density at radius 2 is 1.95 bits per heavy atom. The van der Waals surface area contributed by atoms with E-state index in [1.165, 1.54) is 0 Å². The molecule has 4 aromatic heterocycles. The minimum atomic E-state index is 0. The van der Waals surface area contributed by atoms with Crippen LogP contribution in [-0.2, 0) is 4.74 Å². The fourth-order valence-corrected chi connectivity index (χ4v) is 6.17. The zero-order chi connectivity index (χ0) is 25.1. The van der Waals surface area contributed by atoms with Crippen molar-refractivity contribution in [3.63, 3.8) is 0 Å². The second kappa shape index (κ2) is 9.48. The number of ether oxygens (including phenoxy) is 1. The van der Waals surface area contributed by atoms with Gasteiger partial charge in [-0.25, -0.2) is 19.9 Å². The molecule has 3 aliphatic rings. The van der Waals surface area contributed by atoms with Gasteiger partial charge in [-0.2, -0.15) is 5.10 Å². The number of halogens is 1. The molecule has 200 valence electrons. The number of aromatic nitrogens is 7. The number of nitrogens with zero attached hydrogens (tertiary/aromatic N) is 7. The highest BCUT2D eigenvalue weighted by atomic mass is 35.5. The summed E-state index contributed by atoms with van der Waals surface area (Å²) in [5.41, 5.74) is 11.0. The van der Waals surface area contributed by atoms with Gasteiger partial charge in [0.1, 0.15) is 11.5 Å². The molecule has 38 heavy (non-hydrogen) atoms. The maximum Gasteiger partial charge on any atom is 0.183 e. The van der Waals surface area contributed by atoms with Crippen LogP contribution in [-0.4, -0.2) is 73.5 Å². The van der Waals surface area contributed by atoms with Crippen LogP contribution in [0.2, 0.25) is 0 Å². The summed E-state index contributed by atoms with van der Waals surface area (Å²) in [6, 6.07) is 4.21. The summed E-state index contributed by atoms with van der Waals surface area (Å²) in [6.45, 7) is 7.69. The summed E-state index contributed by atoms with van der Waals surface area (Å²) in [6.07, 6.45) is 8.54. The molecular formula is C26H33ClN10O. The van der Waals surface area contributed by atoms with Crippen LogP contribution in [0.5, 0.6) is 0 Å². The third-order valence-corrected chi connectivity index (χ3v) is 8.61. The minimum absolute atomic E-state index is 0. The third-order valence-electron chi connectivity index (χ3n) is 8.61. The fraction of sp³-hybridized carbons (Fsp3) is 0.500. The second-order valence-corrected chi connectivity index (χ2v) is 10.7. The van der Waals surface area contributed by atoms with Crippen molar-refractivity contribution in [2.24, 2.45) is 11.1 Å². The third kappa shape index (κ3) is 3.91. The normalized spacial score (nSPS) is 24.6. The Balaban J connectivity index is 0.00000264. The van der Waals surface area contributed by atoms with E-state index in [9.17, 15) is 0 Å². The number of aromatic amines is 2. The van der Waals surface area contributed by atoms with Gasteiger partial charge in [-0.1, -0.05) is 6.92 Å². The van der Waals surface area contributed by atoms with Crippen LogP contribution < -0.4 is 15.5 Å². The molecule has 3 atom stereocenters. The van der Waals surface area contributed by atoms with Gasteiger partial charge in [0.15, 0.2) is 22.8 Å². The minimum Gasteiger partial charge on any atom is -0.376 e. The molecule has 1 spiro atoms. The average Bonchev–Trinajstić information content (AvgIpc) is 3.67. The average molecular weight is 537 g/mol. The highest BCUT2D eigenvalue weighted by molar-refractivity contribution is 5.88. The van der Waals surface area contributed by atoms with Gasteiger partial charge in [0.05, 0.1) is 30.3 Å². The van der Waals surface area contributed by atoms with E-state index >= 15 is 0 Å². The SMILES string of the molecule is CC1CCN(c2n[nH]c3nc(N4CCC5(CC4)CO[C@@H](C)[C@H]5N)cnc23)c2ccc(-c3ncc[nH]3)nc21.Cl. The number of nitrogens with one attached hydrogen (secondary N) is 2. The molecule has 0 radical (unpaired) electrons. The van der Waals surface area contributed by atoms with Gasteiger partial charge < -0.3 is 25.3 Å². The molecule has 7 heterocycles. The number of H-pyrrole nitrogens is 2. The quantitative estimate of drug-likeness (QED) is 0.359. The number of imidazole rings is 1. The molecule has 3 aliphatic heterocycles. The van der Waals surface area contributed by atoms with E-state index in [2.05, 4.69) is 49.9 Å². The van der Waals surface area contributed by atoms with Crippen molar-refractivity contribution in [3.8, 4) is 11.5 Å². The Morgan fingerprint density at radius 3 is 2.68 bits per heavy atom. The lowest BCUT2D eigenvalue weighted by molar-refractivity contribution is 0.0974. The number of nitrogens with two attached hydrogens (primary N) is 1. The number of anilines is 3. The van der Waals surface area contributed by atoms with Gasteiger partial charge in [-0.15, -0.1) is 12.4 Å². The zero-order valence-electron chi connectivity index (χ0n) is 21.6. The van der Waals surface area contributed by atoms with Crippen molar-refractivity contribution in [3.05, 3.63) is 36.4 Å². The molecule has 0 bridgehead atoms. The number of rotatable bonds is 3. The summed E-state index contributed by atoms with van der Waals surface area (Å²) in [7, 11) is 0. The van der Waals surface area contributed by atoms with E-state index in [0.717, 1.165) is 85.6 Å². The van der Waals surface area contributed by atoms with Crippen LogP contribution in [0, 0.1) is 5.41 Å². The largest absolute Gasteiger partial charge is 0.376 e. The van der Waals surface area contributed by atoms with Crippen LogP contribution in [0.1, 0.15) is 44.7 Å². The van der Waals surface area contributed by atoms with Gasteiger partial charge >= 0.3 is 0 Å². The lowest BCUT2D eigenvalue weighted by Gasteiger charge is -2.41. The number of pyridine rings is 1. The Labute approximate surface area is 227 Å². The molecule has 11 nitrogen and oxygen atoms in total. The van der Waals surface area contributed by atoms with Crippen molar-refractivity contribution in [2.45, 2.75) is 51.2 Å². The molecule has 1 unspecified atom stereocenters. The Hall–Kier alpha value is -3.28. The fourth-order valence-electron chi connectivity index (χ4n) is 6.17. The molecule has 0 aliphatic carbocycles. The standard InChI is InChI=1S/C26H32N10O.ClH/c1-15-5-10-36(18-4-3-17(31-20(15)18)23-28-8-9-29-23)25-21-24(33-34-25)32-19(13-30-21)35-11-6-26(7-12-35)14-37-16(2)22(26)27;/h3-4,8-9,13,15-16,22H,5-7,10-12,14,27H2,1-2H3,(H,28,29)(H,32,33,34);1H/t15?,16-,22+;/m0./s1. The number of hydrogen-bond acceptors (Lipinski definition) is 9. The van der Waals surface area contributed by atoms with Crippen molar-refractivity contribution < 1.29 is 4.74 Å². The van der Waals surface area contributed by atoms with Gasteiger partial charge in [0.25, 0.3) is 0 Å². The molecule has 4 N–H and O–H groups in total. The van der Waals surface area contributed by atoms with Crippen LogP contribution >= 0.6 is 12.4 Å². The Kier molecular flexibility index (Phi) is 6.24. The van der Waals surface area contributed by atoms with E-state index in [0.29, 0.717) is 11.6 Å². The van der Waals surface area contributed by atoms with Crippen LogP contribution in [0.4, 0.5) is 17.3 Å². The van der Waals surface area contributed by atoms with Crippen LogP contribution in [0.25, 0.3) is 22.7 Å². The molecular weight excluding hydrogens is 504 g/mol. The molecule has 2 saturated heterocycles. The molecule has 0 amide bonds. The first-order valence-electron chi connectivity index (χ1n) is 13.1. The van der Waals surface area contributed by atoms with E-state index in [1.807, 2.05) is 18.5 Å². The molecule has 0 saturated carbocycles. The smallest absolute Gasteiger partial charge is 0.183 e. The number of hydrogen-bond donors (Lipinski definition) is 3. The maximum atomic E-state index is 6.50. The molecule has 0 aromatic carbocycles. The number of fused-ring (bicyclic) bond motifs is 2. The molecule has 4 aromatic rings. The lowest BCUT2D eigenvalue weighted by atomic mass is 9.73. The van der Waals surface area contributed by atoms with Crippen LogP contribution in [0.3, 0.4) is 0 Å². The maximum absolute atomic E-state index is 6.50. The molecule has 7 rings (SSSR count). The van der Waals surface area contributed by atoms with Crippen molar-refractivity contribution >= 4 is 40.9 Å². The topological polar surface area (TPSA) is 138 Å². The predicted octanol–water partition coefficient (Wildman–Crippen LogP) is 3.54. The van der Waals surface area contributed by atoms with Crippen molar-refractivity contribution in [1.82, 2.24) is 35.1 Å². The second-order valence-electron chi connectivity index (χ2n) is 10.7. The highest BCUT2D eigenvalue weighted by Crippen LogP contribution is 2.43. The molecule has 12 heteroatoms. The lowest BCUT2D eigenvalue weighted by Crippen LogP contribution is -2.50. The van der Waals surface area contributed by atoms with Gasteiger partial charge in [0.2, 0.25) is 0 Å². The monoisotopic (exact) mass is 536 g/mol. The first-order valence-corrected chi connectivity index (χ1v) is 13.1. The van der Waals surface area contributed by atoms with E-state index in [-0.39, 0.29) is 30.0 Å². The highest BCUT2D eigenvalue weighted by Gasteiger charge is 2.47. The Morgan fingerprint density at radius 1 is 1.11 bits per heavy atom. The first-order chi connectivity index (χ1) is 18.0. The Bertz CT molecular complexity index is 1430. The van der Waals surface area contributed by atoms with Gasteiger partial charge in [-0.3, -0.25) is 5.10 Å². The van der Waals surface area contributed by atoms with Crippen molar-refractivity contribution in [1.29, 1.82) is 0 Å². The van der Waals surface area contributed by atoms with E-state index in [4.69, 9.17) is 25.4 Å². The molecule has 2 fully saturated rings. The summed E-state index contributed by atoms with van der Waals surface area (Å²) in [5.74, 6) is 2.77. The summed E-state index contributed by atoms with van der Waals surface area (Å²) >= 11 is 0. The zero-order valence-corrected chi connectivity index (χ0v) is 22.4. The summed E-state index contributed by atoms with van der Waals surface area (Å²) in [4.78, 5) is 26.7. The number of piperidine rings is 1. The predicted molar refractivity (Wildman–Crippen MR) is 148 cm³/mol. The van der Waals surface area contributed by atoms with Crippen LogP contribution in [0.15, 0.2) is 30.7 Å². The summed E-state index contributed by atoms with van der Waals surface area (Å²) < 4.78 is 5.88.